The largest absolute Gasteiger partial charge is 0.490 e. The summed E-state index contributed by atoms with van der Waals surface area (Å²) in [6.07, 6.45) is 0. The lowest BCUT2D eigenvalue weighted by atomic mass is 10.2. The van der Waals surface area contributed by atoms with Gasteiger partial charge in [0.05, 0.1) is 12.0 Å². The van der Waals surface area contributed by atoms with Gasteiger partial charge in [-0.2, -0.15) is 0 Å². The van der Waals surface area contributed by atoms with Gasteiger partial charge in [0, 0.05) is 22.2 Å². The highest BCUT2D eigenvalue weighted by Crippen LogP contribution is 2.27. The first-order valence-corrected chi connectivity index (χ1v) is 6.99. The summed E-state index contributed by atoms with van der Waals surface area (Å²) in [7, 11) is 1.29. The second kappa shape index (κ2) is 7.42. The molecule has 0 heterocycles. The highest BCUT2D eigenvalue weighted by atomic mass is 35.5. The molecule has 0 unspecified atom stereocenters. The highest BCUT2D eigenvalue weighted by Gasteiger charge is 2.18. The van der Waals surface area contributed by atoms with Gasteiger partial charge in [-0.15, -0.1) is 0 Å². The maximum Gasteiger partial charge on any atom is 0.311 e. The number of nitro groups is 1. The molecule has 0 saturated carbocycles. The summed E-state index contributed by atoms with van der Waals surface area (Å²) in [5, 5.41) is 11.3. The molecular weight excluding hydrogens is 338 g/mol. The molecule has 2 N–H and O–H groups in total. The van der Waals surface area contributed by atoms with E-state index in [2.05, 4.69) is 10.9 Å². The molecule has 2 amide bonds. The minimum atomic E-state index is -0.712. The Balaban J connectivity index is 2.09. The normalized spacial score (nSPS) is 9.92. The van der Waals surface area contributed by atoms with Crippen LogP contribution in [0.3, 0.4) is 0 Å². The van der Waals surface area contributed by atoms with Crippen molar-refractivity contribution in [3.8, 4) is 5.75 Å². The molecule has 2 rings (SSSR count). The number of carbonyl (C=O) groups excluding carboxylic acids is 2. The Morgan fingerprint density at radius 3 is 2.25 bits per heavy atom. The minimum Gasteiger partial charge on any atom is -0.490 e. The lowest BCUT2D eigenvalue weighted by Gasteiger charge is -2.08. The van der Waals surface area contributed by atoms with Gasteiger partial charge in [0.15, 0.2) is 5.75 Å². The Hall–Kier alpha value is -3.13. The molecule has 0 bridgehead atoms. The molecule has 0 atom stereocenters. The summed E-state index contributed by atoms with van der Waals surface area (Å²) in [5.74, 6) is -1.26. The number of amides is 2. The van der Waals surface area contributed by atoms with Gasteiger partial charge in [0.2, 0.25) is 0 Å². The Labute approximate surface area is 141 Å². The van der Waals surface area contributed by atoms with E-state index in [-0.39, 0.29) is 22.6 Å². The van der Waals surface area contributed by atoms with Crippen molar-refractivity contribution < 1.29 is 19.2 Å². The van der Waals surface area contributed by atoms with Crippen LogP contribution in [0.25, 0.3) is 0 Å². The molecule has 2 aromatic rings. The van der Waals surface area contributed by atoms with E-state index in [1.807, 2.05) is 0 Å². The van der Waals surface area contributed by atoms with E-state index in [4.69, 9.17) is 16.3 Å². The number of halogens is 1. The van der Waals surface area contributed by atoms with E-state index in [9.17, 15) is 19.7 Å². The van der Waals surface area contributed by atoms with Crippen molar-refractivity contribution >= 4 is 29.1 Å². The first-order chi connectivity index (χ1) is 11.4. The van der Waals surface area contributed by atoms with E-state index >= 15 is 0 Å². The second-order valence-electron chi connectivity index (χ2n) is 4.56. The first kappa shape index (κ1) is 17.2. The predicted octanol–water partition coefficient (Wildman–Crippen LogP) is 2.33. The van der Waals surface area contributed by atoms with Crippen molar-refractivity contribution in [2.75, 3.05) is 7.11 Å². The van der Waals surface area contributed by atoms with E-state index < -0.39 is 16.7 Å². The summed E-state index contributed by atoms with van der Waals surface area (Å²) in [4.78, 5) is 34.2. The molecule has 9 heteroatoms. The molecule has 8 nitrogen and oxygen atoms in total. The summed E-state index contributed by atoms with van der Waals surface area (Å²) < 4.78 is 4.85. The van der Waals surface area contributed by atoms with Gasteiger partial charge in [-0.25, -0.2) is 0 Å². The Bertz CT molecular complexity index is 809. The first-order valence-electron chi connectivity index (χ1n) is 6.61. The average molecular weight is 350 g/mol. The van der Waals surface area contributed by atoms with Crippen LogP contribution in [0.5, 0.6) is 5.75 Å². The Morgan fingerprint density at radius 1 is 1.08 bits per heavy atom. The van der Waals surface area contributed by atoms with E-state index in [1.54, 1.807) is 12.1 Å². The SMILES string of the molecule is COc1ccc(C(=O)NNC(=O)c2cccc(Cl)c2)cc1[N+](=O)[O-]. The van der Waals surface area contributed by atoms with Gasteiger partial charge in [-0.3, -0.25) is 30.6 Å². The van der Waals surface area contributed by atoms with Crippen molar-refractivity contribution in [1.82, 2.24) is 10.9 Å². The third-order valence-electron chi connectivity index (χ3n) is 3.01. The highest BCUT2D eigenvalue weighted by molar-refractivity contribution is 6.30. The molecule has 0 spiro atoms. The molecule has 0 aliphatic heterocycles. The number of nitrogens with zero attached hydrogens (tertiary/aromatic N) is 1. The van der Waals surface area contributed by atoms with Crippen LogP contribution in [-0.2, 0) is 0 Å². The number of ether oxygens (including phenoxy) is 1. The van der Waals surface area contributed by atoms with Gasteiger partial charge in [0.1, 0.15) is 0 Å². The predicted molar refractivity (Wildman–Crippen MR) is 86.0 cm³/mol. The molecule has 24 heavy (non-hydrogen) atoms. The summed E-state index contributed by atoms with van der Waals surface area (Å²) >= 11 is 5.78. The fourth-order valence-corrected chi connectivity index (χ4v) is 2.05. The maximum absolute atomic E-state index is 12.0. The van der Waals surface area contributed by atoms with Crippen LogP contribution in [0.1, 0.15) is 20.7 Å². The van der Waals surface area contributed by atoms with E-state index in [0.29, 0.717) is 5.02 Å². The van der Waals surface area contributed by atoms with Gasteiger partial charge < -0.3 is 4.74 Å². The number of benzene rings is 2. The third-order valence-corrected chi connectivity index (χ3v) is 3.25. The number of nitrogens with one attached hydrogen (secondary N) is 2. The van der Waals surface area contributed by atoms with Crippen LogP contribution in [-0.4, -0.2) is 23.8 Å². The molecule has 0 aromatic heterocycles. The number of nitro benzene ring substituents is 1. The van der Waals surface area contributed by atoms with Gasteiger partial charge in [-0.1, -0.05) is 17.7 Å². The van der Waals surface area contributed by atoms with Crippen LogP contribution in [0.2, 0.25) is 5.02 Å². The quantitative estimate of drug-likeness (QED) is 0.650. The van der Waals surface area contributed by atoms with Crippen LogP contribution in [0, 0.1) is 10.1 Å². The molecule has 0 fully saturated rings. The van der Waals surface area contributed by atoms with Crippen LogP contribution in [0.4, 0.5) is 5.69 Å². The van der Waals surface area contributed by atoms with Gasteiger partial charge in [-0.05, 0) is 30.3 Å². The van der Waals surface area contributed by atoms with Crippen LogP contribution < -0.4 is 15.6 Å². The Morgan fingerprint density at radius 2 is 1.71 bits per heavy atom. The fourth-order valence-electron chi connectivity index (χ4n) is 1.86. The monoisotopic (exact) mass is 349 g/mol. The number of methoxy groups -OCH3 is 1. The van der Waals surface area contributed by atoms with Crippen LogP contribution >= 0.6 is 11.6 Å². The van der Waals surface area contributed by atoms with E-state index in [0.717, 1.165) is 6.07 Å². The minimum absolute atomic E-state index is 0.00565. The second-order valence-corrected chi connectivity index (χ2v) is 5.00. The maximum atomic E-state index is 12.0. The standard InChI is InChI=1S/C15H12ClN3O5/c1-24-13-6-5-10(8-12(13)19(22)23)15(21)18-17-14(20)9-3-2-4-11(16)7-9/h2-8H,1H3,(H,17,20)(H,18,21). The smallest absolute Gasteiger partial charge is 0.311 e. The topological polar surface area (TPSA) is 111 Å². The lowest BCUT2D eigenvalue weighted by molar-refractivity contribution is -0.385. The molecule has 124 valence electrons. The van der Waals surface area contributed by atoms with E-state index in [1.165, 1.54) is 31.4 Å². The van der Waals surface area contributed by atoms with Crippen molar-refractivity contribution in [2.24, 2.45) is 0 Å². The summed E-state index contributed by atoms with van der Waals surface area (Å²) in [5.41, 5.74) is 4.27. The zero-order valence-corrected chi connectivity index (χ0v) is 13.2. The number of hydrazine groups is 1. The molecule has 0 aliphatic rings. The van der Waals surface area contributed by atoms with Crippen LogP contribution in [0.15, 0.2) is 42.5 Å². The average Bonchev–Trinajstić information content (AvgIpc) is 2.58. The molecule has 0 radical (unpaired) electrons. The molecular formula is C15H12ClN3O5. The molecule has 0 aliphatic carbocycles. The van der Waals surface area contributed by atoms with Gasteiger partial charge in [0.25, 0.3) is 11.8 Å². The lowest BCUT2D eigenvalue weighted by Crippen LogP contribution is -2.41. The van der Waals surface area contributed by atoms with Crippen molar-refractivity contribution in [2.45, 2.75) is 0 Å². The zero-order chi connectivity index (χ0) is 17.7. The zero-order valence-electron chi connectivity index (χ0n) is 12.4. The number of rotatable bonds is 4. The molecule has 0 saturated heterocycles. The number of hydrogen-bond donors (Lipinski definition) is 2. The summed E-state index contributed by atoms with van der Waals surface area (Å²) in [6.45, 7) is 0. The molecule has 2 aromatic carbocycles. The van der Waals surface area contributed by atoms with Gasteiger partial charge >= 0.3 is 5.69 Å². The van der Waals surface area contributed by atoms with Crippen molar-refractivity contribution in [3.05, 3.63) is 68.7 Å². The fraction of sp³-hybridized carbons (Fsp3) is 0.0667. The van der Waals surface area contributed by atoms with Crippen molar-refractivity contribution in [1.29, 1.82) is 0 Å². The van der Waals surface area contributed by atoms with Crippen molar-refractivity contribution in [3.63, 3.8) is 0 Å². The summed E-state index contributed by atoms with van der Waals surface area (Å²) in [6, 6.07) is 9.84. The third kappa shape index (κ3) is 3.99. The number of carbonyl (C=O) groups is 2. The number of hydrogen-bond acceptors (Lipinski definition) is 5. The Kier molecular flexibility index (Phi) is 5.33.